The molecule has 174 valence electrons. The normalized spacial score (nSPS) is 10.3. The van der Waals surface area contributed by atoms with E-state index in [0.717, 1.165) is 5.56 Å². The summed E-state index contributed by atoms with van der Waals surface area (Å²) in [5, 5.41) is 13.5. The molecule has 0 heterocycles. The first-order valence-electron chi connectivity index (χ1n) is 10.6. The van der Waals surface area contributed by atoms with Crippen molar-refractivity contribution < 1.29 is 24.0 Å². The largest absolute Gasteiger partial charge is 0.457 e. The number of nitrogens with zero attached hydrogens (tertiary/aromatic N) is 1. The summed E-state index contributed by atoms with van der Waals surface area (Å²) in [4.78, 5) is 34.8. The fourth-order valence-corrected chi connectivity index (χ4v) is 3.14. The zero-order valence-corrected chi connectivity index (χ0v) is 18.4. The fourth-order valence-electron chi connectivity index (χ4n) is 3.14. The maximum Gasteiger partial charge on any atom is 0.338 e. The number of hydrogen-bond acceptors (Lipinski definition) is 6. The molecule has 0 aliphatic carbocycles. The standard InChI is InChI=1S/C27H20N2O6/c30-26(20-4-2-1-3-5-20)28-22-10-8-21(9-11-22)27(31)34-18-19-6-14-24(15-7-19)35-25-16-12-23(13-17-25)29(32)33/h1-17H,18H2,(H,28,30). The highest BCUT2D eigenvalue weighted by atomic mass is 16.6. The number of ether oxygens (including phenoxy) is 2. The molecule has 0 radical (unpaired) electrons. The predicted molar refractivity (Wildman–Crippen MR) is 130 cm³/mol. The van der Waals surface area contributed by atoms with Crippen LogP contribution in [0.2, 0.25) is 0 Å². The highest BCUT2D eigenvalue weighted by molar-refractivity contribution is 6.04. The molecule has 4 aromatic rings. The summed E-state index contributed by atoms with van der Waals surface area (Å²) in [6.07, 6.45) is 0. The van der Waals surface area contributed by atoms with Gasteiger partial charge < -0.3 is 14.8 Å². The highest BCUT2D eigenvalue weighted by Crippen LogP contribution is 2.24. The molecule has 4 aromatic carbocycles. The summed E-state index contributed by atoms with van der Waals surface area (Å²) >= 11 is 0. The molecule has 0 unspecified atom stereocenters. The second-order valence-electron chi connectivity index (χ2n) is 7.47. The van der Waals surface area contributed by atoms with E-state index in [1.165, 1.54) is 24.3 Å². The summed E-state index contributed by atoms with van der Waals surface area (Å²) < 4.78 is 11.0. The third kappa shape index (κ3) is 6.29. The Labute approximate surface area is 200 Å². The zero-order valence-electron chi connectivity index (χ0n) is 18.4. The molecule has 35 heavy (non-hydrogen) atoms. The summed E-state index contributed by atoms with van der Waals surface area (Å²) in [5.41, 5.74) is 2.22. The predicted octanol–water partition coefficient (Wildman–Crippen LogP) is 6.00. The van der Waals surface area contributed by atoms with Crippen LogP contribution in [0, 0.1) is 10.1 Å². The smallest absolute Gasteiger partial charge is 0.338 e. The number of anilines is 1. The van der Waals surface area contributed by atoms with Gasteiger partial charge in [0.05, 0.1) is 10.5 Å². The van der Waals surface area contributed by atoms with Gasteiger partial charge in [-0.1, -0.05) is 30.3 Å². The van der Waals surface area contributed by atoms with Crippen LogP contribution in [-0.2, 0) is 11.3 Å². The number of benzene rings is 4. The van der Waals surface area contributed by atoms with Gasteiger partial charge in [-0.15, -0.1) is 0 Å². The Bertz CT molecular complexity index is 1320. The van der Waals surface area contributed by atoms with Gasteiger partial charge in [-0.2, -0.15) is 0 Å². The lowest BCUT2D eigenvalue weighted by Gasteiger charge is -2.09. The van der Waals surface area contributed by atoms with Crippen molar-refractivity contribution in [3.05, 3.63) is 130 Å². The Balaban J connectivity index is 1.28. The number of amides is 1. The van der Waals surface area contributed by atoms with Crippen molar-refractivity contribution in [3.8, 4) is 11.5 Å². The number of rotatable bonds is 8. The van der Waals surface area contributed by atoms with E-state index in [0.29, 0.717) is 28.3 Å². The van der Waals surface area contributed by atoms with Gasteiger partial charge in [-0.3, -0.25) is 14.9 Å². The first-order chi connectivity index (χ1) is 17.0. The van der Waals surface area contributed by atoms with Crippen LogP contribution in [0.15, 0.2) is 103 Å². The average molecular weight is 468 g/mol. The summed E-state index contributed by atoms with van der Waals surface area (Å²) in [5.74, 6) is 0.291. The van der Waals surface area contributed by atoms with Gasteiger partial charge in [0.1, 0.15) is 18.1 Å². The van der Waals surface area contributed by atoms with Crippen LogP contribution in [0.3, 0.4) is 0 Å². The Morgan fingerprint density at radius 2 is 1.34 bits per heavy atom. The second-order valence-corrected chi connectivity index (χ2v) is 7.47. The molecule has 0 aliphatic rings. The fraction of sp³-hybridized carbons (Fsp3) is 0.0370. The molecule has 4 rings (SSSR count). The van der Waals surface area contributed by atoms with Crippen LogP contribution in [0.4, 0.5) is 11.4 Å². The van der Waals surface area contributed by atoms with Crippen LogP contribution in [0.1, 0.15) is 26.3 Å². The Hall–Kier alpha value is -4.98. The molecular weight excluding hydrogens is 448 g/mol. The van der Waals surface area contributed by atoms with E-state index in [1.54, 1.807) is 72.8 Å². The minimum atomic E-state index is -0.489. The number of carbonyl (C=O) groups excluding carboxylic acids is 2. The number of nitro benzene ring substituents is 1. The summed E-state index contributed by atoms with van der Waals surface area (Å²) in [7, 11) is 0. The number of nitro groups is 1. The molecule has 0 fully saturated rings. The van der Waals surface area contributed by atoms with Crippen LogP contribution in [-0.4, -0.2) is 16.8 Å². The van der Waals surface area contributed by atoms with Gasteiger partial charge in [-0.25, -0.2) is 4.79 Å². The minimum Gasteiger partial charge on any atom is -0.457 e. The van der Waals surface area contributed by atoms with E-state index < -0.39 is 10.9 Å². The van der Waals surface area contributed by atoms with E-state index in [9.17, 15) is 19.7 Å². The number of hydrogen-bond donors (Lipinski definition) is 1. The molecule has 0 atom stereocenters. The first kappa shape index (κ1) is 23.2. The highest BCUT2D eigenvalue weighted by Gasteiger charge is 2.10. The van der Waals surface area contributed by atoms with Gasteiger partial charge in [0.15, 0.2) is 0 Å². The first-order valence-corrected chi connectivity index (χ1v) is 10.6. The van der Waals surface area contributed by atoms with Gasteiger partial charge >= 0.3 is 5.97 Å². The molecule has 1 N–H and O–H groups in total. The molecule has 0 bridgehead atoms. The Morgan fingerprint density at radius 3 is 1.94 bits per heavy atom. The van der Waals surface area contributed by atoms with Crippen LogP contribution < -0.4 is 10.1 Å². The van der Waals surface area contributed by atoms with E-state index in [4.69, 9.17) is 9.47 Å². The summed E-state index contributed by atoms with van der Waals surface area (Å²) in [6.45, 7) is 0.0726. The lowest BCUT2D eigenvalue weighted by molar-refractivity contribution is -0.384. The second kappa shape index (κ2) is 10.8. The molecule has 8 heteroatoms. The summed E-state index contributed by atoms with van der Waals surface area (Å²) in [6, 6.07) is 28.0. The third-order valence-electron chi connectivity index (χ3n) is 4.99. The van der Waals surface area contributed by atoms with Crippen LogP contribution in [0.25, 0.3) is 0 Å². The van der Waals surface area contributed by atoms with E-state index in [1.807, 2.05) is 6.07 Å². The van der Waals surface area contributed by atoms with Crippen molar-refractivity contribution in [1.29, 1.82) is 0 Å². The van der Waals surface area contributed by atoms with E-state index >= 15 is 0 Å². The van der Waals surface area contributed by atoms with Crippen LogP contribution in [0.5, 0.6) is 11.5 Å². The minimum absolute atomic E-state index is 0.0129. The lowest BCUT2D eigenvalue weighted by Crippen LogP contribution is -2.12. The molecule has 0 saturated carbocycles. The van der Waals surface area contributed by atoms with Crippen molar-refractivity contribution in [2.45, 2.75) is 6.61 Å². The number of esters is 1. The van der Waals surface area contributed by atoms with E-state index in [2.05, 4.69) is 5.32 Å². The van der Waals surface area contributed by atoms with Crippen molar-refractivity contribution >= 4 is 23.3 Å². The molecule has 0 spiro atoms. The molecule has 0 aromatic heterocycles. The van der Waals surface area contributed by atoms with Crippen molar-refractivity contribution in [2.75, 3.05) is 5.32 Å². The maximum absolute atomic E-state index is 12.4. The van der Waals surface area contributed by atoms with Crippen LogP contribution >= 0.6 is 0 Å². The number of carbonyl (C=O) groups is 2. The average Bonchev–Trinajstić information content (AvgIpc) is 2.89. The number of nitrogens with one attached hydrogen (secondary N) is 1. The monoisotopic (exact) mass is 468 g/mol. The van der Waals surface area contributed by atoms with E-state index in [-0.39, 0.29) is 18.2 Å². The zero-order chi connectivity index (χ0) is 24.6. The Kier molecular flexibility index (Phi) is 7.13. The maximum atomic E-state index is 12.4. The molecule has 0 aliphatic heterocycles. The van der Waals surface area contributed by atoms with Gasteiger partial charge in [-0.05, 0) is 66.2 Å². The van der Waals surface area contributed by atoms with Gasteiger partial charge in [0.25, 0.3) is 11.6 Å². The quantitative estimate of drug-likeness (QED) is 0.193. The van der Waals surface area contributed by atoms with Crippen molar-refractivity contribution in [3.63, 3.8) is 0 Å². The van der Waals surface area contributed by atoms with Gasteiger partial charge in [0.2, 0.25) is 0 Å². The SMILES string of the molecule is O=C(Nc1ccc(C(=O)OCc2ccc(Oc3ccc([N+](=O)[O-])cc3)cc2)cc1)c1ccccc1. The number of non-ortho nitro benzene ring substituents is 1. The molecule has 0 saturated heterocycles. The Morgan fingerprint density at radius 1 is 0.743 bits per heavy atom. The molecule has 1 amide bonds. The van der Waals surface area contributed by atoms with Gasteiger partial charge in [0, 0.05) is 23.4 Å². The third-order valence-corrected chi connectivity index (χ3v) is 4.99. The molecule has 8 nitrogen and oxygen atoms in total. The van der Waals surface area contributed by atoms with Crippen molar-refractivity contribution in [1.82, 2.24) is 0 Å². The molecular formula is C27H20N2O6. The van der Waals surface area contributed by atoms with Crippen molar-refractivity contribution in [2.24, 2.45) is 0 Å². The topological polar surface area (TPSA) is 108 Å². The lowest BCUT2D eigenvalue weighted by atomic mass is 10.2.